The van der Waals surface area contributed by atoms with Crippen LogP contribution >= 0.6 is 0 Å². The fraction of sp³-hybridized carbons (Fsp3) is 0.269. The van der Waals surface area contributed by atoms with E-state index in [0.717, 1.165) is 11.1 Å². The molecule has 1 amide bonds. The van der Waals surface area contributed by atoms with Gasteiger partial charge in [-0.2, -0.15) is 5.10 Å². The van der Waals surface area contributed by atoms with Gasteiger partial charge in [0.2, 0.25) is 5.78 Å². The van der Waals surface area contributed by atoms with Gasteiger partial charge in [-0.3, -0.25) is 19.3 Å². The SMILES string of the molecule is Cc1ccc(N2C(=O)C(=O)C(C(=O)c3ccccc3C)C2c2ccc(C(C)C)cc2)nn1. The molecule has 0 radical (unpaired) electrons. The van der Waals surface area contributed by atoms with Gasteiger partial charge in [0.1, 0.15) is 5.92 Å². The highest BCUT2D eigenvalue weighted by Crippen LogP contribution is 2.41. The van der Waals surface area contributed by atoms with Crippen LogP contribution in [-0.2, 0) is 9.59 Å². The van der Waals surface area contributed by atoms with Gasteiger partial charge in [-0.15, -0.1) is 5.10 Å². The Kier molecular flexibility index (Phi) is 5.70. The molecule has 0 aliphatic carbocycles. The van der Waals surface area contributed by atoms with Gasteiger partial charge in [-0.25, -0.2) is 0 Å². The molecule has 2 heterocycles. The number of benzene rings is 2. The predicted molar refractivity (Wildman–Crippen MR) is 122 cm³/mol. The number of anilines is 1. The summed E-state index contributed by atoms with van der Waals surface area (Å²) in [5.74, 6) is -2.39. The number of aryl methyl sites for hydroxylation is 2. The lowest BCUT2D eigenvalue weighted by Gasteiger charge is -2.26. The predicted octanol–water partition coefficient (Wildman–Crippen LogP) is 4.37. The zero-order valence-corrected chi connectivity index (χ0v) is 18.6. The summed E-state index contributed by atoms with van der Waals surface area (Å²) in [5.41, 5.74) is 3.74. The Morgan fingerprint density at radius 2 is 1.59 bits per heavy atom. The maximum atomic E-state index is 13.6. The van der Waals surface area contributed by atoms with Crippen molar-refractivity contribution in [2.75, 3.05) is 4.90 Å². The van der Waals surface area contributed by atoms with Crippen molar-refractivity contribution in [1.29, 1.82) is 0 Å². The first-order chi connectivity index (χ1) is 15.3. The summed E-state index contributed by atoms with van der Waals surface area (Å²) in [7, 11) is 0. The van der Waals surface area contributed by atoms with Crippen LogP contribution in [0.4, 0.5) is 5.82 Å². The van der Waals surface area contributed by atoms with Crippen molar-refractivity contribution in [3.8, 4) is 0 Å². The number of ketones is 2. The van der Waals surface area contributed by atoms with E-state index in [4.69, 9.17) is 0 Å². The van der Waals surface area contributed by atoms with E-state index >= 15 is 0 Å². The van der Waals surface area contributed by atoms with E-state index in [9.17, 15) is 14.4 Å². The summed E-state index contributed by atoms with van der Waals surface area (Å²) >= 11 is 0. The molecule has 0 spiro atoms. The standard InChI is InChI=1S/C26H25N3O3/c1-15(2)18-10-12-19(13-11-18)23-22(24(30)20-8-6-5-7-16(20)3)25(31)26(32)29(23)21-14-9-17(4)27-28-21/h5-15,22-23H,1-4H3. The van der Waals surface area contributed by atoms with Crippen LogP contribution in [0.2, 0.25) is 0 Å². The molecule has 6 nitrogen and oxygen atoms in total. The largest absolute Gasteiger partial charge is 0.297 e. The molecule has 0 saturated carbocycles. The maximum Gasteiger partial charge on any atom is 0.297 e. The van der Waals surface area contributed by atoms with Crippen molar-refractivity contribution in [1.82, 2.24) is 10.2 Å². The molecule has 1 fully saturated rings. The number of Topliss-reactive ketones (excluding diaryl/α,β-unsaturated/α-hetero) is 2. The monoisotopic (exact) mass is 427 g/mol. The molecule has 1 saturated heterocycles. The van der Waals surface area contributed by atoms with Crippen LogP contribution in [0.1, 0.15) is 58.5 Å². The number of rotatable bonds is 5. The average Bonchev–Trinajstić information content (AvgIpc) is 3.05. The Balaban J connectivity index is 1.86. The first kappa shape index (κ1) is 21.6. The fourth-order valence-corrected chi connectivity index (χ4v) is 4.14. The van der Waals surface area contributed by atoms with Gasteiger partial charge in [0.15, 0.2) is 11.6 Å². The van der Waals surface area contributed by atoms with E-state index in [1.807, 2.05) is 43.3 Å². The molecule has 1 aromatic heterocycles. The van der Waals surface area contributed by atoms with Crippen LogP contribution in [0.15, 0.2) is 60.7 Å². The van der Waals surface area contributed by atoms with Crippen LogP contribution in [0.25, 0.3) is 0 Å². The molecular formula is C26H25N3O3. The molecule has 4 rings (SSSR count). The molecule has 1 aliphatic rings. The number of hydrogen-bond donors (Lipinski definition) is 0. The zero-order chi connectivity index (χ0) is 23.0. The van der Waals surface area contributed by atoms with E-state index in [2.05, 4.69) is 24.0 Å². The second-order valence-corrected chi connectivity index (χ2v) is 8.50. The average molecular weight is 428 g/mol. The van der Waals surface area contributed by atoms with E-state index in [-0.39, 0.29) is 11.6 Å². The van der Waals surface area contributed by atoms with E-state index < -0.39 is 23.7 Å². The summed E-state index contributed by atoms with van der Waals surface area (Å²) < 4.78 is 0. The molecule has 3 aromatic rings. The molecule has 0 N–H and O–H groups in total. The van der Waals surface area contributed by atoms with Gasteiger partial charge in [-0.1, -0.05) is 62.4 Å². The molecule has 2 aromatic carbocycles. The minimum atomic E-state index is -1.16. The third-order valence-electron chi connectivity index (χ3n) is 5.97. The lowest BCUT2D eigenvalue weighted by molar-refractivity contribution is -0.135. The van der Waals surface area contributed by atoms with Crippen LogP contribution in [0.3, 0.4) is 0 Å². The highest BCUT2D eigenvalue weighted by molar-refractivity contribution is 6.48. The molecule has 1 aliphatic heterocycles. The summed E-state index contributed by atoms with van der Waals surface area (Å²) in [6, 6.07) is 17.4. The number of carbonyl (C=O) groups is 3. The molecule has 2 unspecified atom stereocenters. The van der Waals surface area contributed by atoms with Gasteiger partial charge in [-0.05, 0) is 48.6 Å². The quantitative estimate of drug-likeness (QED) is 0.343. The van der Waals surface area contributed by atoms with Crippen LogP contribution < -0.4 is 4.90 Å². The maximum absolute atomic E-state index is 13.6. The Bertz CT molecular complexity index is 1180. The van der Waals surface area contributed by atoms with Gasteiger partial charge < -0.3 is 0 Å². The second-order valence-electron chi connectivity index (χ2n) is 8.50. The lowest BCUT2D eigenvalue weighted by Crippen LogP contribution is -2.31. The topological polar surface area (TPSA) is 80.2 Å². The van der Waals surface area contributed by atoms with Crippen molar-refractivity contribution in [3.63, 3.8) is 0 Å². The Morgan fingerprint density at radius 3 is 2.19 bits per heavy atom. The third kappa shape index (κ3) is 3.73. The van der Waals surface area contributed by atoms with Crippen molar-refractivity contribution < 1.29 is 14.4 Å². The zero-order valence-electron chi connectivity index (χ0n) is 18.6. The first-order valence-electron chi connectivity index (χ1n) is 10.7. The summed E-state index contributed by atoms with van der Waals surface area (Å²) in [5, 5.41) is 8.19. The smallest absolute Gasteiger partial charge is 0.293 e. The second kappa shape index (κ2) is 8.46. The number of nitrogens with zero attached hydrogens (tertiary/aromatic N) is 3. The Morgan fingerprint density at radius 1 is 0.906 bits per heavy atom. The summed E-state index contributed by atoms with van der Waals surface area (Å²) in [6.45, 7) is 7.80. The van der Waals surface area contributed by atoms with Crippen molar-refractivity contribution in [3.05, 3.63) is 88.6 Å². The highest BCUT2D eigenvalue weighted by atomic mass is 16.2. The summed E-state index contributed by atoms with van der Waals surface area (Å²) in [6.07, 6.45) is 0. The fourth-order valence-electron chi connectivity index (χ4n) is 4.14. The molecule has 32 heavy (non-hydrogen) atoms. The highest BCUT2D eigenvalue weighted by Gasteiger charge is 2.53. The van der Waals surface area contributed by atoms with Crippen LogP contribution in [-0.4, -0.2) is 27.7 Å². The van der Waals surface area contributed by atoms with E-state index in [0.29, 0.717) is 22.7 Å². The number of amides is 1. The number of hydrogen-bond acceptors (Lipinski definition) is 5. The Hall–Kier alpha value is -3.67. The van der Waals surface area contributed by atoms with Crippen molar-refractivity contribution >= 4 is 23.3 Å². The number of carbonyl (C=O) groups excluding carboxylic acids is 3. The molecule has 6 heteroatoms. The van der Waals surface area contributed by atoms with Crippen LogP contribution in [0, 0.1) is 19.8 Å². The molecule has 0 bridgehead atoms. The minimum Gasteiger partial charge on any atom is -0.293 e. The van der Waals surface area contributed by atoms with E-state index in [1.54, 1.807) is 31.2 Å². The van der Waals surface area contributed by atoms with Gasteiger partial charge in [0.05, 0.1) is 11.7 Å². The third-order valence-corrected chi connectivity index (χ3v) is 5.97. The Labute approximate surface area is 187 Å². The molecule has 2 atom stereocenters. The van der Waals surface area contributed by atoms with Gasteiger partial charge >= 0.3 is 0 Å². The van der Waals surface area contributed by atoms with E-state index in [1.165, 1.54) is 4.90 Å². The minimum absolute atomic E-state index is 0.256. The normalized spacial score (nSPS) is 18.5. The van der Waals surface area contributed by atoms with Gasteiger partial charge in [0, 0.05) is 5.56 Å². The number of aromatic nitrogens is 2. The molecular weight excluding hydrogens is 402 g/mol. The van der Waals surface area contributed by atoms with Gasteiger partial charge in [0.25, 0.3) is 5.91 Å². The first-order valence-corrected chi connectivity index (χ1v) is 10.7. The lowest BCUT2D eigenvalue weighted by atomic mass is 9.84. The van der Waals surface area contributed by atoms with Crippen molar-refractivity contribution in [2.24, 2.45) is 5.92 Å². The van der Waals surface area contributed by atoms with Crippen molar-refractivity contribution in [2.45, 2.75) is 39.7 Å². The van der Waals surface area contributed by atoms with Crippen LogP contribution in [0.5, 0.6) is 0 Å². The molecule has 162 valence electrons. The summed E-state index contributed by atoms with van der Waals surface area (Å²) in [4.78, 5) is 41.2.